The fourth-order valence-electron chi connectivity index (χ4n) is 2.43. The lowest BCUT2D eigenvalue weighted by Gasteiger charge is -2.27. The number of ether oxygens (including phenoxy) is 1. The Morgan fingerprint density at radius 2 is 2.09 bits per heavy atom. The number of amides is 1. The van der Waals surface area contributed by atoms with Gasteiger partial charge in [-0.2, -0.15) is 0 Å². The molecule has 0 aromatic heterocycles. The molecule has 2 aliphatic heterocycles. The van der Waals surface area contributed by atoms with Gasteiger partial charge in [-0.1, -0.05) is 42.2 Å². The molecule has 0 bridgehead atoms. The Kier molecular flexibility index (Phi) is 4.77. The number of quaternary nitrogens is 1. The molecule has 0 atom stereocenters. The molecule has 1 amide bonds. The van der Waals surface area contributed by atoms with Gasteiger partial charge in [-0.15, -0.1) is 0 Å². The SMILES string of the molecule is O=C1/C(=C/c2ccccc2O)SC(=S)N1C[NH+]1CCOCC1. The van der Waals surface area contributed by atoms with E-state index in [4.69, 9.17) is 17.0 Å². The zero-order valence-electron chi connectivity index (χ0n) is 11.9. The van der Waals surface area contributed by atoms with Crippen LogP contribution in [0.4, 0.5) is 0 Å². The fraction of sp³-hybridized carbons (Fsp3) is 0.333. The number of hydrogen-bond acceptors (Lipinski definition) is 5. The number of phenolic OH excluding ortho intramolecular Hbond substituents is 1. The number of thioether (sulfide) groups is 1. The van der Waals surface area contributed by atoms with Gasteiger partial charge in [0.05, 0.1) is 18.1 Å². The second-order valence-electron chi connectivity index (χ2n) is 5.19. The van der Waals surface area contributed by atoms with E-state index in [2.05, 4.69) is 0 Å². The van der Waals surface area contributed by atoms with Crippen molar-refractivity contribution >= 4 is 40.3 Å². The molecule has 7 heteroatoms. The lowest BCUT2D eigenvalue weighted by molar-refractivity contribution is -0.914. The van der Waals surface area contributed by atoms with Crippen molar-refractivity contribution in [2.45, 2.75) is 0 Å². The maximum atomic E-state index is 12.5. The number of rotatable bonds is 3. The molecule has 2 N–H and O–H groups in total. The van der Waals surface area contributed by atoms with Gasteiger partial charge in [-0.05, 0) is 12.1 Å². The summed E-state index contributed by atoms with van der Waals surface area (Å²) in [6, 6.07) is 6.95. The van der Waals surface area contributed by atoms with E-state index < -0.39 is 0 Å². The van der Waals surface area contributed by atoms with E-state index in [0.29, 0.717) is 21.5 Å². The number of carbonyl (C=O) groups is 1. The standard InChI is InChI=1S/C15H16N2O3S2/c18-12-4-2-1-3-11(12)9-13-14(19)17(15(21)22-13)10-16-5-7-20-8-6-16/h1-4,9,18H,5-8,10H2/p+1/b13-9-. The molecule has 0 spiro atoms. The van der Waals surface area contributed by atoms with E-state index >= 15 is 0 Å². The van der Waals surface area contributed by atoms with Gasteiger partial charge in [0, 0.05) is 5.56 Å². The number of benzene rings is 1. The highest BCUT2D eigenvalue weighted by atomic mass is 32.2. The van der Waals surface area contributed by atoms with Crippen molar-refractivity contribution in [1.82, 2.24) is 4.90 Å². The monoisotopic (exact) mass is 337 g/mol. The van der Waals surface area contributed by atoms with Crippen molar-refractivity contribution in [3.63, 3.8) is 0 Å². The second kappa shape index (κ2) is 6.78. The van der Waals surface area contributed by atoms with Crippen LogP contribution in [0.25, 0.3) is 6.08 Å². The minimum atomic E-state index is -0.0859. The smallest absolute Gasteiger partial charge is 0.270 e. The van der Waals surface area contributed by atoms with Crippen LogP contribution >= 0.6 is 24.0 Å². The fourth-order valence-corrected chi connectivity index (χ4v) is 3.67. The molecule has 116 valence electrons. The normalized spacial score (nSPS) is 21.8. The molecule has 2 aliphatic rings. The highest BCUT2D eigenvalue weighted by Crippen LogP contribution is 2.33. The van der Waals surface area contributed by atoms with Gasteiger partial charge < -0.3 is 14.7 Å². The zero-order valence-corrected chi connectivity index (χ0v) is 13.6. The molecule has 0 unspecified atom stereocenters. The molecular formula is C15H17N2O3S2+. The second-order valence-corrected chi connectivity index (χ2v) is 6.86. The molecule has 0 saturated carbocycles. The summed E-state index contributed by atoms with van der Waals surface area (Å²) in [6.07, 6.45) is 1.70. The Morgan fingerprint density at radius 3 is 2.82 bits per heavy atom. The number of hydrogen-bond donors (Lipinski definition) is 2. The maximum Gasteiger partial charge on any atom is 0.270 e. The summed E-state index contributed by atoms with van der Waals surface area (Å²) < 4.78 is 5.90. The molecule has 0 aliphatic carbocycles. The van der Waals surface area contributed by atoms with Gasteiger partial charge in [0.1, 0.15) is 18.8 Å². The zero-order chi connectivity index (χ0) is 15.5. The van der Waals surface area contributed by atoms with Gasteiger partial charge in [0.25, 0.3) is 5.91 Å². The lowest BCUT2D eigenvalue weighted by atomic mass is 10.2. The Hall–Kier alpha value is -1.41. The van der Waals surface area contributed by atoms with Crippen molar-refractivity contribution in [2.24, 2.45) is 0 Å². The molecule has 2 fully saturated rings. The number of nitrogens with one attached hydrogen (secondary N) is 1. The largest absolute Gasteiger partial charge is 0.507 e. The van der Waals surface area contributed by atoms with Crippen molar-refractivity contribution in [3.8, 4) is 5.75 Å². The Morgan fingerprint density at radius 1 is 1.36 bits per heavy atom. The molecule has 3 rings (SSSR count). The molecule has 5 nitrogen and oxygen atoms in total. The van der Waals surface area contributed by atoms with Gasteiger partial charge in [-0.25, -0.2) is 4.90 Å². The molecule has 2 saturated heterocycles. The molecule has 1 aromatic carbocycles. The number of para-hydroxylation sites is 1. The van der Waals surface area contributed by atoms with Gasteiger partial charge in [0.15, 0.2) is 11.0 Å². The number of aromatic hydroxyl groups is 1. The van der Waals surface area contributed by atoms with E-state index in [1.807, 2.05) is 6.07 Å². The van der Waals surface area contributed by atoms with E-state index in [0.717, 1.165) is 26.3 Å². The van der Waals surface area contributed by atoms with Gasteiger partial charge in [0.2, 0.25) is 0 Å². The average molecular weight is 337 g/mol. The average Bonchev–Trinajstić information content (AvgIpc) is 2.78. The topological polar surface area (TPSA) is 54.2 Å². The molecule has 0 radical (unpaired) electrons. The highest BCUT2D eigenvalue weighted by molar-refractivity contribution is 8.26. The van der Waals surface area contributed by atoms with Crippen LogP contribution in [-0.2, 0) is 9.53 Å². The van der Waals surface area contributed by atoms with Crippen LogP contribution in [0.5, 0.6) is 5.75 Å². The van der Waals surface area contributed by atoms with E-state index in [1.54, 1.807) is 29.2 Å². The Bertz CT molecular complexity index is 627. The first-order valence-electron chi connectivity index (χ1n) is 7.10. The maximum absolute atomic E-state index is 12.5. The summed E-state index contributed by atoms with van der Waals surface area (Å²) in [4.78, 5) is 16.0. The van der Waals surface area contributed by atoms with Crippen molar-refractivity contribution < 1.29 is 19.5 Å². The van der Waals surface area contributed by atoms with Gasteiger partial charge >= 0.3 is 0 Å². The number of morpholine rings is 1. The summed E-state index contributed by atoms with van der Waals surface area (Å²) in [5.74, 6) is 0.0730. The molecule has 22 heavy (non-hydrogen) atoms. The lowest BCUT2D eigenvalue weighted by Crippen LogP contribution is -3.15. The number of thiocarbonyl (C=S) groups is 1. The van der Waals surface area contributed by atoms with Crippen molar-refractivity contribution in [1.29, 1.82) is 0 Å². The van der Waals surface area contributed by atoms with Crippen molar-refractivity contribution in [3.05, 3.63) is 34.7 Å². The summed E-state index contributed by atoms with van der Waals surface area (Å²) >= 11 is 6.62. The third-order valence-corrected chi connectivity index (χ3v) is 5.06. The van der Waals surface area contributed by atoms with E-state index in [1.165, 1.54) is 16.7 Å². The number of carbonyl (C=O) groups excluding carboxylic acids is 1. The first kappa shape index (κ1) is 15.5. The summed E-state index contributed by atoms with van der Waals surface area (Å²) in [5.41, 5.74) is 0.627. The minimum Gasteiger partial charge on any atom is -0.507 e. The quantitative estimate of drug-likeness (QED) is 0.620. The first-order chi connectivity index (χ1) is 10.6. The van der Waals surface area contributed by atoms with E-state index in [9.17, 15) is 9.90 Å². The predicted octanol–water partition coefficient (Wildman–Crippen LogP) is 0.466. The van der Waals surface area contributed by atoms with Crippen molar-refractivity contribution in [2.75, 3.05) is 33.0 Å². The summed E-state index contributed by atoms with van der Waals surface area (Å²) in [7, 11) is 0. The summed E-state index contributed by atoms with van der Waals surface area (Å²) in [6.45, 7) is 3.78. The van der Waals surface area contributed by atoms with Crippen LogP contribution in [0.15, 0.2) is 29.2 Å². The van der Waals surface area contributed by atoms with Crippen LogP contribution < -0.4 is 4.90 Å². The molecule has 1 aromatic rings. The highest BCUT2D eigenvalue weighted by Gasteiger charge is 2.35. The van der Waals surface area contributed by atoms with Crippen LogP contribution in [0.2, 0.25) is 0 Å². The molecular weight excluding hydrogens is 320 g/mol. The third kappa shape index (κ3) is 3.33. The van der Waals surface area contributed by atoms with Gasteiger partial charge in [-0.3, -0.25) is 4.79 Å². The first-order valence-corrected chi connectivity index (χ1v) is 8.32. The minimum absolute atomic E-state index is 0.0859. The Balaban J connectivity index is 1.75. The third-order valence-electron chi connectivity index (χ3n) is 3.68. The van der Waals surface area contributed by atoms with Crippen LogP contribution in [0.1, 0.15) is 5.56 Å². The van der Waals surface area contributed by atoms with Crippen LogP contribution in [0, 0.1) is 0 Å². The predicted molar refractivity (Wildman–Crippen MR) is 89.5 cm³/mol. The molecule has 2 heterocycles. The Labute approximate surface area is 138 Å². The summed E-state index contributed by atoms with van der Waals surface area (Å²) in [5, 5.41) is 9.82. The van der Waals surface area contributed by atoms with Crippen LogP contribution in [-0.4, -0.2) is 53.2 Å². The van der Waals surface area contributed by atoms with E-state index in [-0.39, 0.29) is 11.7 Å². The number of nitrogens with zero attached hydrogens (tertiary/aromatic N) is 1. The number of phenols is 1. The van der Waals surface area contributed by atoms with Crippen LogP contribution in [0.3, 0.4) is 0 Å².